The van der Waals surface area contributed by atoms with Crippen molar-refractivity contribution in [2.75, 3.05) is 18.6 Å². The van der Waals surface area contributed by atoms with E-state index in [1.165, 1.54) is 11.1 Å². The Labute approximate surface area is 188 Å². The number of nitriles is 1. The summed E-state index contributed by atoms with van der Waals surface area (Å²) in [6, 6.07) is 9.52. The van der Waals surface area contributed by atoms with Crippen molar-refractivity contribution in [1.82, 2.24) is 20.3 Å². The number of likely N-dealkylation sites (N-methyl/N-ethyl adjacent to an activating group) is 1. The minimum Gasteiger partial charge on any atom is -0.487 e. The Bertz CT molecular complexity index is 1260. The van der Waals surface area contributed by atoms with E-state index >= 15 is 0 Å². The van der Waals surface area contributed by atoms with Crippen LogP contribution in [0.15, 0.2) is 42.7 Å². The number of carbonyl (C=O) groups is 2. The van der Waals surface area contributed by atoms with Gasteiger partial charge in [-0.25, -0.2) is 15.0 Å². The van der Waals surface area contributed by atoms with Gasteiger partial charge in [0.05, 0.1) is 11.3 Å². The number of hydrogen-bond acceptors (Lipinski definition) is 7. The van der Waals surface area contributed by atoms with Crippen LogP contribution in [0.4, 0.5) is 5.82 Å². The van der Waals surface area contributed by atoms with Crippen LogP contribution in [0.3, 0.4) is 0 Å². The number of anilines is 1. The topological polar surface area (TPSA) is 121 Å². The summed E-state index contributed by atoms with van der Waals surface area (Å²) in [5.41, 5.74) is 1.98. The summed E-state index contributed by atoms with van der Waals surface area (Å²) < 4.78 is 5.72. The summed E-state index contributed by atoms with van der Waals surface area (Å²) in [7, 11) is 1.56. The number of fused-ring (bicyclic) bond motifs is 1. The monoisotopic (exact) mass is 448 g/mol. The predicted octanol–water partition coefficient (Wildman–Crippen LogP) is 2.53. The molecule has 0 radical (unpaired) electrons. The lowest BCUT2D eigenvalue weighted by Gasteiger charge is -2.19. The first-order valence-electron chi connectivity index (χ1n) is 9.58. The number of aromatic nitrogens is 3. The number of pyridine rings is 1. The molecule has 32 heavy (non-hydrogen) atoms. The number of aryl methyl sites for hydroxylation is 1. The van der Waals surface area contributed by atoms with E-state index in [4.69, 9.17) is 16.3 Å². The average molecular weight is 449 g/mol. The highest BCUT2D eigenvalue weighted by atomic mass is 35.5. The van der Waals surface area contributed by atoms with Crippen molar-refractivity contribution >= 4 is 29.2 Å². The number of amides is 2. The molecule has 160 valence electrons. The van der Waals surface area contributed by atoms with Crippen LogP contribution in [0.2, 0.25) is 5.02 Å². The largest absolute Gasteiger partial charge is 0.487 e. The minimum atomic E-state index is -0.972. The summed E-state index contributed by atoms with van der Waals surface area (Å²) in [5.74, 6) is -0.412. The van der Waals surface area contributed by atoms with Gasteiger partial charge in [-0.3, -0.25) is 14.5 Å². The maximum absolute atomic E-state index is 12.9. The van der Waals surface area contributed by atoms with Crippen LogP contribution in [-0.2, 0) is 4.79 Å². The van der Waals surface area contributed by atoms with Gasteiger partial charge in [0.1, 0.15) is 18.7 Å². The first-order valence-corrected chi connectivity index (χ1v) is 9.96. The Morgan fingerprint density at radius 2 is 2.03 bits per heavy atom. The number of benzene rings is 1. The van der Waals surface area contributed by atoms with E-state index in [0.29, 0.717) is 22.2 Å². The van der Waals surface area contributed by atoms with Crippen molar-refractivity contribution in [3.63, 3.8) is 0 Å². The number of hydrogen-bond donors (Lipinski definition) is 1. The van der Waals surface area contributed by atoms with Crippen LogP contribution in [0.5, 0.6) is 5.75 Å². The third kappa shape index (κ3) is 4.08. The van der Waals surface area contributed by atoms with E-state index in [1.54, 1.807) is 43.6 Å². The minimum absolute atomic E-state index is 0.0760. The second kappa shape index (κ2) is 8.61. The molecule has 3 heterocycles. The lowest BCUT2D eigenvalue weighted by atomic mass is 10.1. The average Bonchev–Trinajstić information content (AvgIpc) is 2.91. The van der Waals surface area contributed by atoms with E-state index in [-0.39, 0.29) is 29.6 Å². The Morgan fingerprint density at radius 1 is 1.28 bits per heavy atom. The highest BCUT2D eigenvalue weighted by molar-refractivity contribution is 6.30. The number of halogens is 1. The van der Waals surface area contributed by atoms with Crippen molar-refractivity contribution in [3.05, 3.63) is 64.7 Å². The van der Waals surface area contributed by atoms with Gasteiger partial charge < -0.3 is 10.1 Å². The van der Waals surface area contributed by atoms with E-state index in [2.05, 4.69) is 20.3 Å². The van der Waals surface area contributed by atoms with E-state index in [1.807, 2.05) is 13.0 Å². The molecule has 4 rings (SSSR count). The number of carbonyl (C=O) groups excluding carboxylic acids is 2. The Morgan fingerprint density at radius 3 is 2.75 bits per heavy atom. The van der Waals surface area contributed by atoms with Gasteiger partial charge in [-0.15, -0.1) is 0 Å². The number of nitrogens with zero attached hydrogens (tertiary/aromatic N) is 5. The second-order valence-electron chi connectivity index (χ2n) is 7.14. The second-order valence-corrected chi connectivity index (χ2v) is 7.58. The van der Waals surface area contributed by atoms with Crippen LogP contribution < -0.4 is 15.0 Å². The van der Waals surface area contributed by atoms with Gasteiger partial charge in [0.15, 0.2) is 11.6 Å². The van der Waals surface area contributed by atoms with Gasteiger partial charge in [0, 0.05) is 30.0 Å². The SMILES string of the molecule is Cc1cnc2c(c1)OC[C@H](NC(=O)c1ncc(C#N)c(-c3ccc(Cl)cc3)n1)C(=O)N2C. The summed E-state index contributed by atoms with van der Waals surface area (Å²) in [6.07, 6.45) is 2.90. The first kappa shape index (κ1) is 21.2. The molecule has 0 saturated heterocycles. The van der Waals surface area contributed by atoms with Gasteiger partial charge in [-0.2, -0.15) is 5.26 Å². The van der Waals surface area contributed by atoms with Crippen LogP contribution >= 0.6 is 11.6 Å². The molecule has 1 atom stereocenters. The van der Waals surface area contributed by atoms with Gasteiger partial charge in [0.2, 0.25) is 5.82 Å². The molecule has 2 aromatic heterocycles. The summed E-state index contributed by atoms with van der Waals surface area (Å²) in [4.78, 5) is 39.6. The van der Waals surface area contributed by atoms with Crippen LogP contribution in [-0.4, -0.2) is 46.5 Å². The molecule has 0 spiro atoms. The summed E-state index contributed by atoms with van der Waals surface area (Å²) in [6.45, 7) is 1.79. The van der Waals surface area contributed by atoms with Crippen LogP contribution in [0, 0.1) is 18.3 Å². The van der Waals surface area contributed by atoms with Crippen molar-refractivity contribution in [3.8, 4) is 23.1 Å². The van der Waals surface area contributed by atoms with Crippen molar-refractivity contribution < 1.29 is 14.3 Å². The summed E-state index contributed by atoms with van der Waals surface area (Å²) >= 11 is 5.93. The smallest absolute Gasteiger partial charge is 0.289 e. The molecule has 0 aliphatic carbocycles. The van der Waals surface area contributed by atoms with Crippen molar-refractivity contribution in [2.24, 2.45) is 0 Å². The lowest BCUT2D eigenvalue weighted by Crippen LogP contribution is -2.49. The van der Waals surface area contributed by atoms with Gasteiger partial charge in [-0.1, -0.05) is 23.7 Å². The maximum Gasteiger partial charge on any atom is 0.289 e. The molecule has 0 unspecified atom stereocenters. The Kier molecular flexibility index (Phi) is 5.71. The highest BCUT2D eigenvalue weighted by Gasteiger charge is 2.32. The van der Waals surface area contributed by atoms with Gasteiger partial charge in [0.25, 0.3) is 11.8 Å². The molecule has 3 aromatic rings. The lowest BCUT2D eigenvalue weighted by molar-refractivity contribution is -0.120. The molecule has 1 N–H and O–H groups in total. The number of rotatable bonds is 3. The fraction of sp³-hybridized carbons (Fsp3) is 0.182. The van der Waals surface area contributed by atoms with Gasteiger partial charge >= 0.3 is 0 Å². The summed E-state index contributed by atoms with van der Waals surface area (Å²) in [5, 5.41) is 12.5. The zero-order valence-electron chi connectivity index (χ0n) is 17.2. The third-order valence-corrected chi connectivity index (χ3v) is 5.11. The van der Waals surface area contributed by atoms with Crippen LogP contribution in [0.1, 0.15) is 21.7 Å². The highest BCUT2D eigenvalue weighted by Crippen LogP contribution is 2.29. The molecule has 1 aliphatic rings. The molecular formula is C22H17ClN6O3. The van der Waals surface area contributed by atoms with E-state index in [0.717, 1.165) is 5.56 Å². The quantitative estimate of drug-likeness (QED) is 0.653. The molecule has 0 bridgehead atoms. The standard InChI is InChI=1S/C22H17ClN6O3/c1-12-7-17-20(26-9-12)29(2)22(31)16(11-32-17)27-21(30)19-25-10-14(8-24)18(28-19)13-3-5-15(23)6-4-13/h3-7,9-10,16H,11H2,1-2H3,(H,27,30)/t16-/m0/s1. The zero-order chi connectivity index (χ0) is 22.8. The molecule has 1 aromatic carbocycles. The molecule has 1 aliphatic heterocycles. The van der Waals surface area contributed by atoms with Crippen molar-refractivity contribution in [2.45, 2.75) is 13.0 Å². The van der Waals surface area contributed by atoms with E-state index < -0.39 is 11.9 Å². The number of ether oxygens (including phenoxy) is 1. The molecule has 9 nitrogen and oxygen atoms in total. The Hall–Kier alpha value is -4.03. The molecule has 10 heteroatoms. The molecule has 0 saturated carbocycles. The molecule has 2 amide bonds. The third-order valence-electron chi connectivity index (χ3n) is 4.86. The number of nitrogens with one attached hydrogen (secondary N) is 1. The Balaban J connectivity index is 1.59. The normalized spacial score (nSPS) is 15.2. The fourth-order valence-electron chi connectivity index (χ4n) is 3.20. The van der Waals surface area contributed by atoms with Gasteiger partial charge in [-0.05, 0) is 30.7 Å². The molecule has 0 fully saturated rings. The van der Waals surface area contributed by atoms with E-state index in [9.17, 15) is 14.9 Å². The zero-order valence-corrected chi connectivity index (χ0v) is 17.9. The van der Waals surface area contributed by atoms with Crippen LogP contribution in [0.25, 0.3) is 11.3 Å². The predicted molar refractivity (Wildman–Crippen MR) is 116 cm³/mol. The van der Waals surface area contributed by atoms with Crippen molar-refractivity contribution in [1.29, 1.82) is 5.26 Å². The first-order chi connectivity index (χ1) is 15.4. The maximum atomic E-state index is 12.9. The molecular weight excluding hydrogens is 432 g/mol. The fourth-order valence-corrected chi connectivity index (χ4v) is 3.33.